The molecule has 0 fully saturated rings. The maximum Gasteiger partial charge on any atom is 0.416 e. The second-order valence-electron chi connectivity index (χ2n) is 10.4. The molecule has 0 bridgehead atoms. The van der Waals surface area contributed by atoms with Gasteiger partial charge in [0, 0.05) is 12.6 Å². The highest BCUT2D eigenvalue weighted by Crippen LogP contribution is 2.31. The number of hydrogen-bond donors (Lipinski definition) is 0. The van der Waals surface area contributed by atoms with E-state index >= 15 is 0 Å². The lowest BCUT2D eigenvalue weighted by molar-refractivity contribution is -0.171. The van der Waals surface area contributed by atoms with Gasteiger partial charge >= 0.3 is 12.1 Å². The molecule has 3 rings (SSSR count). The molecule has 6 nitrogen and oxygen atoms in total. The second-order valence-corrected chi connectivity index (χ2v) is 10.4. The number of pyridine rings is 1. The molecule has 9 heteroatoms. The van der Waals surface area contributed by atoms with Crippen LogP contribution in [-0.4, -0.2) is 35.1 Å². The van der Waals surface area contributed by atoms with Crippen molar-refractivity contribution in [2.24, 2.45) is 0 Å². The van der Waals surface area contributed by atoms with Gasteiger partial charge < -0.3 is 14.4 Å². The first-order valence-corrected chi connectivity index (χ1v) is 12.0. The van der Waals surface area contributed by atoms with Gasteiger partial charge in [0.1, 0.15) is 11.4 Å². The number of hydrogen-bond acceptors (Lipinski definition) is 5. The number of esters is 1. The second kappa shape index (κ2) is 10.8. The van der Waals surface area contributed by atoms with Gasteiger partial charge in [0.05, 0.1) is 29.6 Å². The summed E-state index contributed by atoms with van der Waals surface area (Å²) in [6.07, 6.45) is -2.84. The van der Waals surface area contributed by atoms with E-state index in [1.54, 1.807) is 78.1 Å². The van der Waals surface area contributed by atoms with E-state index < -0.39 is 28.9 Å². The molecule has 0 aliphatic rings. The van der Waals surface area contributed by atoms with E-state index in [4.69, 9.17) is 9.47 Å². The number of aromatic nitrogens is 1. The van der Waals surface area contributed by atoms with Crippen molar-refractivity contribution in [2.75, 3.05) is 11.9 Å². The number of alkyl halides is 3. The minimum atomic E-state index is -4.40. The quantitative estimate of drug-likeness (QED) is 0.329. The molecule has 0 radical (unpaired) electrons. The van der Waals surface area contributed by atoms with Crippen molar-refractivity contribution in [1.82, 2.24) is 4.98 Å². The van der Waals surface area contributed by atoms with Crippen LogP contribution in [0.3, 0.4) is 0 Å². The number of halogens is 3. The monoisotopic (exact) mass is 528 g/mol. The molecular weight excluding hydrogens is 497 g/mol. The zero-order valence-electron chi connectivity index (χ0n) is 22.2. The number of benzene rings is 2. The number of carbonyl (C=O) groups excluding carboxylic acids is 2. The van der Waals surface area contributed by atoms with Crippen LogP contribution in [0.2, 0.25) is 0 Å². The molecule has 0 aliphatic carbocycles. The third-order valence-corrected chi connectivity index (χ3v) is 5.53. The van der Waals surface area contributed by atoms with Gasteiger partial charge in [-0.3, -0.25) is 9.78 Å². The topological polar surface area (TPSA) is 68.7 Å². The van der Waals surface area contributed by atoms with Gasteiger partial charge in [-0.15, -0.1) is 0 Å². The Kier molecular flexibility index (Phi) is 8.19. The molecule has 0 unspecified atom stereocenters. The van der Waals surface area contributed by atoms with Gasteiger partial charge in [-0.2, -0.15) is 13.2 Å². The van der Waals surface area contributed by atoms with Crippen LogP contribution in [0.5, 0.6) is 5.75 Å². The molecule has 1 heterocycles. The van der Waals surface area contributed by atoms with Gasteiger partial charge in [0.2, 0.25) is 5.91 Å². The third kappa shape index (κ3) is 7.57. The summed E-state index contributed by atoms with van der Waals surface area (Å²) in [5, 5.41) is 0. The van der Waals surface area contributed by atoms with Gasteiger partial charge in [-0.05, 0) is 76.6 Å². The van der Waals surface area contributed by atoms with Crippen LogP contribution in [0.1, 0.15) is 45.7 Å². The smallest absolute Gasteiger partial charge is 0.416 e. The largest absolute Gasteiger partial charge is 0.476 e. The lowest BCUT2D eigenvalue weighted by atomic mass is 10.1. The number of carbonyl (C=O) groups is 2. The Morgan fingerprint density at radius 3 is 2.13 bits per heavy atom. The van der Waals surface area contributed by atoms with Crippen LogP contribution in [0.25, 0.3) is 11.3 Å². The number of amides is 1. The fraction of sp³-hybridized carbons (Fsp3) is 0.345. The van der Waals surface area contributed by atoms with E-state index in [1.165, 1.54) is 23.2 Å². The summed E-state index contributed by atoms with van der Waals surface area (Å²) in [4.78, 5) is 31.2. The Bertz CT molecular complexity index is 1280. The predicted octanol–water partition coefficient (Wildman–Crippen LogP) is 6.47. The molecule has 0 atom stereocenters. The van der Waals surface area contributed by atoms with Crippen molar-refractivity contribution in [3.63, 3.8) is 0 Å². The van der Waals surface area contributed by atoms with E-state index in [9.17, 15) is 22.8 Å². The molecule has 38 heavy (non-hydrogen) atoms. The summed E-state index contributed by atoms with van der Waals surface area (Å²) < 4.78 is 49.7. The Hall–Kier alpha value is -3.88. The highest BCUT2D eigenvalue weighted by molar-refractivity contribution is 5.94. The Morgan fingerprint density at radius 2 is 1.58 bits per heavy atom. The van der Waals surface area contributed by atoms with Crippen LogP contribution in [0, 0.1) is 0 Å². The fourth-order valence-corrected chi connectivity index (χ4v) is 3.48. The van der Waals surface area contributed by atoms with Crippen LogP contribution in [-0.2, 0) is 26.9 Å². The fourth-order valence-electron chi connectivity index (χ4n) is 3.48. The van der Waals surface area contributed by atoms with Gasteiger partial charge in [-0.1, -0.05) is 24.3 Å². The van der Waals surface area contributed by atoms with Crippen LogP contribution in [0.15, 0.2) is 66.9 Å². The summed E-state index contributed by atoms with van der Waals surface area (Å²) in [5.74, 6) is -0.285. The number of nitrogens with zero attached hydrogens (tertiary/aromatic N) is 2. The van der Waals surface area contributed by atoms with Gasteiger partial charge in [0.15, 0.2) is 5.60 Å². The van der Waals surface area contributed by atoms with Gasteiger partial charge in [0.25, 0.3) is 0 Å². The molecule has 0 spiro atoms. The standard InChI is InChI=1S/C29H31F3N2O4/c1-27(2,3)38-26(36)28(4,5)37-23-9-7-8-19(16-23)17-25(35)34(6)22-14-15-24(33-18-22)20-10-12-21(13-11-20)29(30,31)32/h7-16,18H,17H2,1-6H3. The maximum atomic E-state index is 12.9. The Morgan fingerprint density at radius 1 is 0.921 bits per heavy atom. The Balaban J connectivity index is 1.66. The third-order valence-electron chi connectivity index (χ3n) is 5.53. The lowest BCUT2D eigenvalue weighted by Crippen LogP contribution is -2.43. The van der Waals surface area contributed by atoms with E-state index in [1.807, 2.05) is 0 Å². The molecular formula is C29H31F3N2O4. The number of likely N-dealkylation sites (N-methyl/N-ethyl adjacent to an activating group) is 1. The molecule has 3 aromatic rings. The first kappa shape index (κ1) is 28.7. The summed E-state index contributed by atoms with van der Waals surface area (Å²) in [6, 6.07) is 15.0. The van der Waals surface area contributed by atoms with Crippen molar-refractivity contribution in [1.29, 1.82) is 0 Å². The summed E-state index contributed by atoms with van der Waals surface area (Å²) >= 11 is 0. The van der Waals surface area contributed by atoms with E-state index in [-0.39, 0.29) is 12.3 Å². The maximum absolute atomic E-state index is 12.9. The lowest BCUT2D eigenvalue weighted by Gasteiger charge is -2.29. The summed E-state index contributed by atoms with van der Waals surface area (Å²) in [5.41, 5.74) is -0.372. The van der Waals surface area contributed by atoms with Crippen molar-refractivity contribution in [2.45, 2.75) is 58.4 Å². The highest BCUT2D eigenvalue weighted by atomic mass is 19.4. The Labute approximate surface area is 220 Å². The van der Waals surface area contributed by atoms with E-state index in [0.717, 1.165) is 12.1 Å². The van der Waals surface area contributed by atoms with E-state index in [2.05, 4.69) is 4.98 Å². The molecule has 202 valence electrons. The van der Waals surface area contributed by atoms with Crippen molar-refractivity contribution in [3.8, 4) is 17.0 Å². The molecule has 0 saturated carbocycles. The minimum Gasteiger partial charge on any atom is -0.476 e. The highest BCUT2D eigenvalue weighted by Gasteiger charge is 2.35. The average molecular weight is 529 g/mol. The molecule has 1 aromatic heterocycles. The summed E-state index contributed by atoms with van der Waals surface area (Å²) in [7, 11) is 1.61. The van der Waals surface area contributed by atoms with Gasteiger partial charge in [-0.25, -0.2) is 4.79 Å². The normalized spacial score (nSPS) is 12.1. The first-order chi connectivity index (χ1) is 17.5. The zero-order valence-corrected chi connectivity index (χ0v) is 22.2. The van der Waals surface area contributed by atoms with Crippen molar-refractivity contribution in [3.05, 3.63) is 78.0 Å². The SMILES string of the molecule is CN(C(=O)Cc1cccc(OC(C)(C)C(=O)OC(C)(C)C)c1)c1ccc(-c2ccc(C(F)(F)F)cc2)nc1. The molecule has 0 N–H and O–H groups in total. The van der Waals surface area contributed by atoms with Crippen molar-refractivity contribution >= 4 is 17.6 Å². The van der Waals surface area contributed by atoms with Crippen LogP contribution < -0.4 is 9.64 Å². The number of ether oxygens (including phenoxy) is 2. The molecule has 2 aromatic carbocycles. The molecule has 0 saturated heterocycles. The van der Waals surface area contributed by atoms with Crippen LogP contribution in [0.4, 0.5) is 18.9 Å². The van der Waals surface area contributed by atoms with Crippen LogP contribution >= 0.6 is 0 Å². The predicted molar refractivity (Wildman–Crippen MR) is 139 cm³/mol. The number of rotatable bonds is 7. The molecule has 1 amide bonds. The zero-order chi connectivity index (χ0) is 28.3. The average Bonchev–Trinajstić information content (AvgIpc) is 2.82. The first-order valence-electron chi connectivity index (χ1n) is 12.0. The minimum absolute atomic E-state index is 0.0707. The number of anilines is 1. The molecule has 0 aliphatic heterocycles. The van der Waals surface area contributed by atoms with Crippen molar-refractivity contribution < 1.29 is 32.2 Å². The summed E-state index contributed by atoms with van der Waals surface area (Å²) in [6.45, 7) is 8.58. The van der Waals surface area contributed by atoms with E-state index in [0.29, 0.717) is 28.3 Å².